The second kappa shape index (κ2) is 9.29. The summed E-state index contributed by atoms with van der Waals surface area (Å²) in [5.41, 5.74) is 0.402. The number of carbonyl (C=O) groups is 2. The van der Waals surface area contributed by atoms with Gasteiger partial charge in [0.05, 0.1) is 22.6 Å². The number of hydrogen-bond acceptors (Lipinski definition) is 3. The molecule has 2 N–H and O–H groups in total. The van der Waals surface area contributed by atoms with Gasteiger partial charge in [-0.2, -0.15) is 5.26 Å². The largest absolute Gasteiger partial charge is 0.351 e. The quantitative estimate of drug-likeness (QED) is 0.776. The molecule has 1 aliphatic carbocycles. The maximum Gasteiger partial charge on any atom is 0.252 e. The molecule has 0 radical (unpaired) electrons. The van der Waals surface area contributed by atoms with E-state index in [4.69, 9.17) is 16.9 Å². The van der Waals surface area contributed by atoms with Gasteiger partial charge in [0.15, 0.2) is 0 Å². The van der Waals surface area contributed by atoms with Crippen molar-refractivity contribution in [2.75, 3.05) is 13.1 Å². The molecule has 0 heterocycles. The third-order valence-corrected chi connectivity index (χ3v) is 4.83. The average Bonchev–Trinajstić information content (AvgIpc) is 2.61. The van der Waals surface area contributed by atoms with Crippen molar-refractivity contribution in [2.45, 2.75) is 32.1 Å². The summed E-state index contributed by atoms with van der Waals surface area (Å²) in [6.07, 6.45) is 5.35. The number of halogens is 1. The summed E-state index contributed by atoms with van der Waals surface area (Å²) in [5.74, 6) is -0.522. The van der Waals surface area contributed by atoms with Crippen LogP contribution in [0.25, 0.3) is 0 Å². The van der Waals surface area contributed by atoms with Crippen LogP contribution in [0.4, 0.5) is 0 Å². The molecule has 1 aromatic rings. The normalized spacial score (nSPS) is 16.0. The first-order valence-electron chi connectivity index (χ1n) is 8.31. The molecule has 1 fully saturated rings. The van der Waals surface area contributed by atoms with Crippen molar-refractivity contribution >= 4 is 23.4 Å². The van der Waals surface area contributed by atoms with E-state index in [2.05, 4.69) is 10.6 Å². The second-order valence-electron chi connectivity index (χ2n) is 6.07. The number of amides is 2. The van der Waals surface area contributed by atoms with Crippen molar-refractivity contribution < 1.29 is 9.59 Å². The highest BCUT2D eigenvalue weighted by Crippen LogP contribution is 2.30. The highest BCUT2D eigenvalue weighted by Gasteiger charge is 2.29. The van der Waals surface area contributed by atoms with E-state index in [-0.39, 0.29) is 36.7 Å². The van der Waals surface area contributed by atoms with Crippen molar-refractivity contribution in [3.63, 3.8) is 0 Å². The van der Waals surface area contributed by atoms with Gasteiger partial charge in [-0.15, -0.1) is 0 Å². The SMILES string of the molecule is N#CCNC(=O)C(CNC(=O)c1ccccc1Cl)C1CCCCC1. The zero-order valence-corrected chi connectivity index (χ0v) is 14.3. The van der Waals surface area contributed by atoms with Gasteiger partial charge in [0.25, 0.3) is 5.91 Å². The Kier molecular flexibility index (Phi) is 7.07. The molecule has 2 rings (SSSR count). The predicted octanol–water partition coefficient (Wildman–Crippen LogP) is 2.91. The minimum atomic E-state index is -0.315. The Morgan fingerprint density at radius 3 is 2.58 bits per heavy atom. The molecule has 6 heteroatoms. The number of nitrogens with one attached hydrogen (secondary N) is 2. The van der Waals surface area contributed by atoms with E-state index >= 15 is 0 Å². The first kappa shape index (κ1) is 18.3. The summed E-state index contributed by atoms with van der Waals surface area (Å²) in [5, 5.41) is 14.5. The molecule has 1 aromatic carbocycles. The van der Waals surface area contributed by atoms with Gasteiger partial charge < -0.3 is 10.6 Å². The van der Waals surface area contributed by atoms with E-state index < -0.39 is 0 Å². The predicted molar refractivity (Wildman–Crippen MR) is 92.5 cm³/mol. The van der Waals surface area contributed by atoms with Crippen LogP contribution in [0.15, 0.2) is 24.3 Å². The molecule has 0 saturated heterocycles. The van der Waals surface area contributed by atoms with Crippen LogP contribution in [-0.4, -0.2) is 24.9 Å². The molecule has 0 aromatic heterocycles. The highest BCUT2D eigenvalue weighted by atomic mass is 35.5. The van der Waals surface area contributed by atoms with Gasteiger partial charge in [0.1, 0.15) is 6.54 Å². The fraction of sp³-hybridized carbons (Fsp3) is 0.500. The van der Waals surface area contributed by atoms with Gasteiger partial charge >= 0.3 is 0 Å². The number of hydrogen-bond donors (Lipinski definition) is 2. The Labute approximate surface area is 147 Å². The zero-order valence-electron chi connectivity index (χ0n) is 13.6. The lowest BCUT2D eigenvalue weighted by Gasteiger charge is -2.29. The number of benzene rings is 1. The molecule has 1 saturated carbocycles. The van der Waals surface area contributed by atoms with Gasteiger partial charge in [-0.1, -0.05) is 43.0 Å². The maximum atomic E-state index is 12.4. The molecule has 0 spiro atoms. The number of carbonyl (C=O) groups excluding carboxylic acids is 2. The minimum absolute atomic E-state index is 0.0134. The van der Waals surface area contributed by atoms with E-state index in [1.807, 2.05) is 6.07 Å². The molecule has 0 bridgehead atoms. The lowest BCUT2D eigenvalue weighted by atomic mass is 9.79. The van der Waals surface area contributed by atoms with Crippen LogP contribution in [0.1, 0.15) is 42.5 Å². The van der Waals surface area contributed by atoms with E-state index in [1.54, 1.807) is 24.3 Å². The summed E-state index contributed by atoms with van der Waals surface area (Å²) >= 11 is 6.04. The van der Waals surface area contributed by atoms with Gasteiger partial charge in [0.2, 0.25) is 5.91 Å². The monoisotopic (exact) mass is 347 g/mol. The van der Waals surface area contributed by atoms with Crippen LogP contribution >= 0.6 is 11.6 Å². The first-order valence-corrected chi connectivity index (χ1v) is 8.68. The minimum Gasteiger partial charge on any atom is -0.351 e. The van der Waals surface area contributed by atoms with E-state index in [0.717, 1.165) is 25.7 Å². The van der Waals surface area contributed by atoms with Crippen LogP contribution in [-0.2, 0) is 4.79 Å². The molecule has 2 amide bonds. The van der Waals surface area contributed by atoms with Crippen molar-refractivity contribution in [2.24, 2.45) is 11.8 Å². The highest BCUT2D eigenvalue weighted by molar-refractivity contribution is 6.33. The van der Waals surface area contributed by atoms with Gasteiger partial charge in [-0.05, 0) is 30.9 Å². The number of nitrogens with zero attached hydrogens (tertiary/aromatic N) is 1. The Hall–Kier alpha value is -2.06. The maximum absolute atomic E-state index is 12.4. The van der Waals surface area contributed by atoms with Crippen LogP contribution in [0.3, 0.4) is 0 Å². The van der Waals surface area contributed by atoms with E-state index in [0.29, 0.717) is 10.6 Å². The molecular formula is C18H22ClN3O2. The summed E-state index contributed by atoms with van der Waals surface area (Å²) in [6.45, 7) is 0.243. The molecule has 0 aliphatic heterocycles. The van der Waals surface area contributed by atoms with E-state index in [1.165, 1.54) is 6.42 Å². The summed E-state index contributed by atoms with van der Waals surface area (Å²) in [7, 11) is 0. The van der Waals surface area contributed by atoms with Gasteiger partial charge in [-0.3, -0.25) is 9.59 Å². The second-order valence-corrected chi connectivity index (χ2v) is 6.48. The molecule has 1 atom stereocenters. The lowest BCUT2D eigenvalue weighted by Crippen LogP contribution is -2.43. The van der Waals surface area contributed by atoms with E-state index in [9.17, 15) is 9.59 Å². The summed E-state index contributed by atoms with van der Waals surface area (Å²) in [6, 6.07) is 8.75. The van der Waals surface area contributed by atoms with Crippen molar-refractivity contribution in [3.8, 4) is 6.07 Å². The molecule has 1 unspecified atom stereocenters. The standard InChI is InChI=1S/C18H22ClN3O2/c19-16-9-5-4-8-14(16)17(23)22-12-15(18(24)21-11-10-20)13-6-2-1-3-7-13/h4-5,8-9,13,15H,1-3,6-7,11-12H2,(H,21,24)(H,22,23). The van der Waals surface area contributed by atoms with Crippen LogP contribution < -0.4 is 10.6 Å². The third-order valence-electron chi connectivity index (χ3n) is 4.50. The topological polar surface area (TPSA) is 82.0 Å². The Morgan fingerprint density at radius 1 is 1.21 bits per heavy atom. The summed E-state index contributed by atoms with van der Waals surface area (Å²) in [4.78, 5) is 24.7. The van der Waals surface area contributed by atoms with Crippen molar-refractivity contribution in [3.05, 3.63) is 34.9 Å². The smallest absolute Gasteiger partial charge is 0.252 e. The molecule has 128 valence electrons. The lowest BCUT2D eigenvalue weighted by molar-refractivity contribution is -0.126. The van der Waals surface area contributed by atoms with Crippen molar-refractivity contribution in [1.82, 2.24) is 10.6 Å². The molecular weight excluding hydrogens is 326 g/mol. The van der Waals surface area contributed by atoms with Crippen LogP contribution in [0.5, 0.6) is 0 Å². The molecule has 5 nitrogen and oxygen atoms in total. The third kappa shape index (κ3) is 4.97. The van der Waals surface area contributed by atoms with Gasteiger partial charge in [0, 0.05) is 6.54 Å². The first-order chi connectivity index (χ1) is 11.6. The fourth-order valence-corrected chi connectivity index (χ4v) is 3.43. The zero-order chi connectivity index (χ0) is 17.4. The molecule has 24 heavy (non-hydrogen) atoms. The molecule has 1 aliphatic rings. The fourth-order valence-electron chi connectivity index (χ4n) is 3.21. The van der Waals surface area contributed by atoms with Gasteiger partial charge in [-0.25, -0.2) is 0 Å². The Bertz CT molecular complexity index is 621. The Balaban J connectivity index is 2.01. The van der Waals surface area contributed by atoms with Crippen LogP contribution in [0.2, 0.25) is 5.02 Å². The Morgan fingerprint density at radius 2 is 1.92 bits per heavy atom. The van der Waals surface area contributed by atoms with Crippen molar-refractivity contribution in [1.29, 1.82) is 5.26 Å². The van der Waals surface area contributed by atoms with Crippen LogP contribution in [0, 0.1) is 23.2 Å². The number of rotatable bonds is 6. The average molecular weight is 348 g/mol. The summed E-state index contributed by atoms with van der Waals surface area (Å²) < 4.78 is 0. The number of nitriles is 1.